The number of hydrogen-bond acceptors (Lipinski definition) is 3. The molecule has 0 fully saturated rings. The molecule has 1 aromatic heterocycles. The number of halogens is 1. The molecule has 1 heterocycles. The van der Waals surface area contributed by atoms with Crippen molar-refractivity contribution in [3.05, 3.63) is 64.6 Å². The van der Waals surface area contributed by atoms with E-state index in [0.717, 1.165) is 21.5 Å². The van der Waals surface area contributed by atoms with E-state index in [1.807, 2.05) is 6.07 Å². The van der Waals surface area contributed by atoms with Gasteiger partial charge in [-0.05, 0) is 35.9 Å². The molecule has 2 aromatic rings. The van der Waals surface area contributed by atoms with Gasteiger partial charge >= 0.3 is 5.97 Å². The Morgan fingerprint density at radius 1 is 1.29 bits per heavy atom. The number of rotatable bonds is 2. The van der Waals surface area contributed by atoms with Gasteiger partial charge in [-0.3, -0.25) is 4.79 Å². The lowest BCUT2D eigenvalue weighted by Crippen LogP contribution is -2.06. The molecule has 1 unspecified atom stereocenters. The van der Waals surface area contributed by atoms with E-state index < -0.39 is 11.9 Å². The number of carboxylic acids is 1. The van der Waals surface area contributed by atoms with E-state index in [1.165, 1.54) is 12.5 Å². The lowest BCUT2D eigenvalue weighted by molar-refractivity contribution is -0.138. The number of aromatic nitrogens is 1. The molecule has 0 aliphatic heterocycles. The van der Waals surface area contributed by atoms with Crippen LogP contribution in [0.1, 0.15) is 18.4 Å². The first-order valence-corrected chi connectivity index (χ1v) is 6.42. The van der Waals surface area contributed by atoms with Crippen LogP contribution in [-0.2, 0) is 4.79 Å². The summed E-state index contributed by atoms with van der Waals surface area (Å²) in [5.41, 5.74) is 2.09. The van der Waals surface area contributed by atoms with Gasteiger partial charge < -0.3 is 9.52 Å². The number of fused-ring (bicyclic) bond motifs is 1. The summed E-state index contributed by atoms with van der Waals surface area (Å²) in [4.78, 5) is 14.7. The topological polar surface area (TPSA) is 63.3 Å². The van der Waals surface area contributed by atoms with Crippen LogP contribution in [-0.4, -0.2) is 16.1 Å². The molecule has 0 spiro atoms. The summed E-state index contributed by atoms with van der Waals surface area (Å²) in [5, 5.41) is 10.7. The van der Waals surface area contributed by atoms with Crippen LogP contribution < -0.4 is 0 Å². The molecule has 0 saturated heterocycles. The van der Waals surface area contributed by atoms with Crippen molar-refractivity contribution in [2.75, 3.05) is 0 Å². The molecule has 0 radical (unpaired) electrons. The Morgan fingerprint density at radius 2 is 2.10 bits per heavy atom. The molecule has 1 N–H and O–H groups in total. The van der Waals surface area contributed by atoms with E-state index in [1.54, 1.807) is 31.2 Å². The summed E-state index contributed by atoms with van der Waals surface area (Å²) in [6.07, 6.45) is 1.35. The molecule has 21 heavy (non-hydrogen) atoms. The molecule has 4 rings (SSSR count). The number of hydrogen-bond donors (Lipinski definition) is 1. The summed E-state index contributed by atoms with van der Waals surface area (Å²) in [7, 11) is 0. The highest BCUT2D eigenvalue weighted by Crippen LogP contribution is 2.20. The zero-order valence-electron chi connectivity index (χ0n) is 11.2. The van der Waals surface area contributed by atoms with Crippen LogP contribution in [0.5, 0.6) is 0 Å². The van der Waals surface area contributed by atoms with E-state index in [0.29, 0.717) is 5.58 Å². The Morgan fingerprint density at radius 3 is 2.57 bits per heavy atom. The fourth-order valence-corrected chi connectivity index (χ4v) is 2.03. The first-order valence-electron chi connectivity index (χ1n) is 6.42. The average molecular weight is 285 g/mol. The standard InChI is InChI=1S/C10H9NO3.C6H3F/c1-6(10(12)13)7-2-3-8-9(4-7)14-5-11-8;7-6-3-4-1-2-5(4)6/h2-6H,1H3,(H,12,13);1-3H. The molecule has 1 aromatic carbocycles. The SMILES string of the molecule is CC(C(=O)O)c1ccc2ncoc2c1.Fc1cc2ccc1=2. The van der Waals surface area contributed by atoms with Crippen LogP contribution in [0, 0.1) is 16.3 Å². The Hall–Kier alpha value is -2.69. The Balaban J connectivity index is 0.000000156. The van der Waals surface area contributed by atoms with Crippen LogP contribution in [0.2, 0.25) is 0 Å². The second-order valence-electron chi connectivity index (χ2n) is 4.83. The van der Waals surface area contributed by atoms with Crippen LogP contribution in [0.15, 0.2) is 47.2 Å². The van der Waals surface area contributed by atoms with Crippen molar-refractivity contribution in [1.82, 2.24) is 4.98 Å². The second-order valence-corrected chi connectivity index (χ2v) is 4.83. The molecule has 0 saturated carbocycles. The molecule has 106 valence electrons. The summed E-state index contributed by atoms with van der Waals surface area (Å²) in [6.45, 7) is 1.64. The Kier molecular flexibility index (Phi) is 3.17. The lowest BCUT2D eigenvalue weighted by atomic mass is 10.0. The lowest BCUT2D eigenvalue weighted by Gasteiger charge is -2.04. The fraction of sp³-hybridized carbons (Fsp3) is 0.125. The van der Waals surface area contributed by atoms with Crippen molar-refractivity contribution in [3.8, 4) is 0 Å². The van der Waals surface area contributed by atoms with E-state index in [9.17, 15) is 9.18 Å². The van der Waals surface area contributed by atoms with E-state index in [-0.39, 0.29) is 5.82 Å². The minimum atomic E-state index is -0.844. The predicted octanol–water partition coefficient (Wildman–Crippen LogP) is 3.44. The van der Waals surface area contributed by atoms with Gasteiger partial charge in [-0.15, -0.1) is 0 Å². The van der Waals surface area contributed by atoms with Crippen molar-refractivity contribution in [1.29, 1.82) is 0 Å². The Labute approximate surface area is 119 Å². The third kappa shape index (κ3) is 2.38. The summed E-state index contributed by atoms with van der Waals surface area (Å²) in [6, 6.07) is 10.4. The highest BCUT2D eigenvalue weighted by molar-refractivity contribution is 5.79. The number of carbonyl (C=O) groups is 1. The smallest absolute Gasteiger partial charge is 0.310 e. The van der Waals surface area contributed by atoms with Crippen molar-refractivity contribution >= 4 is 17.1 Å². The van der Waals surface area contributed by atoms with E-state index in [2.05, 4.69) is 4.98 Å². The molecular weight excluding hydrogens is 273 g/mol. The van der Waals surface area contributed by atoms with Gasteiger partial charge in [0.15, 0.2) is 12.0 Å². The molecule has 2 aliphatic carbocycles. The number of carboxylic acid groups (broad SMARTS) is 1. The normalized spacial score (nSPS) is 12.5. The van der Waals surface area contributed by atoms with Crippen molar-refractivity contribution in [2.24, 2.45) is 0 Å². The maximum absolute atomic E-state index is 12.0. The summed E-state index contributed by atoms with van der Waals surface area (Å²) < 4.78 is 17.0. The first-order chi connectivity index (χ1) is 10.1. The fourth-order valence-electron chi connectivity index (χ4n) is 2.03. The van der Waals surface area contributed by atoms with Gasteiger partial charge in [0.2, 0.25) is 0 Å². The number of benzene rings is 2. The maximum Gasteiger partial charge on any atom is 0.310 e. The molecular formula is C16H12FNO3. The molecule has 1 atom stereocenters. The van der Waals surface area contributed by atoms with Crippen molar-refractivity contribution < 1.29 is 18.7 Å². The van der Waals surface area contributed by atoms with E-state index in [4.69, 9.17) is 9.52 Å². The second kappa shape index (κ2) is 5.01. The van der Waals surface area contributed by atoms with Gasteiger partial charge in [0.05, 0.1) is 5.92 Å². The monoisotopic (exact) mass is 285 g/mol. The number of aliphatic carboxylic acids is 1. The zero-order valence-corrected chi connectivity index (χ0v) is 11.2. The van der Waals surface area contributed by atoms with Crippen LogP contribution in [0.3, 0.4) is 0 Å². The predicted molar refractivity (Wildman–Crippen MR) is 74.1 cm³/mol. The van der Waals surface area contributed by atoms with Gasteiger partial charge in [-0.25, -0.2) is 9.37 Å². The number of nitrogens with zero attached hydrogens (tertiary/aromatic N) is 1. The van der Waals surface area contributed by atoms with Crippen LogP contribution >= 0.6 is 0 Å². The van der Waals surface area contributed by atoms with Crippen molar-refractivity contribution in [3.63, 3.8) is 0 Å². The summed E-state index contributed by atoms with van der Waals surface area (Å²) in [5.74, 6) is -1.43. The Bertz CT molecular complexity index is 917. The minimum Gasteiger partial charge on any atom is -0.481 e. The van der Waals surface area contributed by atoms with Crippen LogP contribution in [0.4, 0.5) is 4.39 Å². The third-order valence-corrected chi connectivity index (χ3v) is 3.51. The van der Waals surface area contributed by atoms with E-state index >= 15 is 0 Å². The summed E-state index contributed by atoms with van der Waals surface area (Å²) >= 11 is 0. The first kappa shape index (κ1) is 13.3. The average Bonchev–Trinajstić information content (AvgIpc) is 2.91. The maximum atomic E-state index is 12.0. The molecule has 0 bridgehead atoms. The minimum absolute atomic E-state index is 0.0579. The molecule has 4 nitrogen and oxygen atoms in total. The molecule has 0 amide bonds. The van der Waals surface area contributed by atoms with Gasteiger partial charge in [-0.2, -0.15) is 0 Å². The zero-order chi connectivity index (χ0) is 15.0. The van der Waals surface area contributed by atoms with Gasteiger partial charge in [0.25, 0.3) is 0 Å². The van der Waals surface area contributed by atoms with Gasteiger partial charge in [-0.1, -0.05) is 18.2 Å². The third-order valence-electron chi connectivity index (χ3n) is 3.51. The van der Waals surface area contributed by atoms with Crippen LogP contribution in [0.25, 0.3) is 11.1 Å². The largest absolute Gasteiger partial charge is 0.481 e. The van der Waals surface area contributed by atoms with Crippen molar-refractivity contribution in [2.45, 2.75) is 12.8 Å². The highest BCUT2D eigenvalue weighted by atomic mass is 19.1. The quantitative estimate of drug-likeness (QED) is 0.612. The number of oxazole rings is 1. The van der Waals surface area contributed by atoms with Gasteiger partial charge in [0, 0.05) is 5.22 Å². The molecule has 5 heteroatoms. The molecule has 2 aliphatic rings. The van der Waals surface area contributed by atoms with Gasteiger partial charge in [0.1, 0.15) is 11.3 Å². The highest BCUT2D eigenvalue weighted by Gasteiger charge is 2.14.